The van der Waals surface area contributed by atoms with Gasteiger partial charge in [-0.1, -0.05) is 0 Å². The van der Waals surface area contributed by atoms with Crippen molar-refractivity contribution in [2.45, 2.75) is 50.6 Å². The molecule has 0 atom stereocenters. The van der Waals surface area contributed by atoms with Crippen molar-refractivity contribution in [1.29, 1.82) is 0 Å². The van der Waals surface area contributed by atoms with Crippen LogP contribution in [-0.2, 0) is 4.79 Å². The number of fused-ring (bicyclic) bond motifs is 1. The summed E-state index contributed by atoms with van der Waals surface area (Å²) in [6, 6.07) is 6.98. The van der Waals surface area contributed by atoms with Crippen molar-refractivity contribution in [1.82, 2.24) is 20.2 Å². The molecule has 1 aromatic carbocycles. The lowest BCUT2D eigenvalue weighted by molar-refractivity contribution is -0.120. The SMILES string of the molecule is CNC(=O)CCCOc1ccc2ncnc(NC3CCC(N(C)C)CC3)c2c1. The van der Waals surface area contributed by atoms with Crippen molar-refractivity contribution in [2.24, 2.45) is 0 Å². The molecular weight excluding hydrogens is 354 g/mol. The Bertz CT molecular complexity index is 787. The van der Waals surface area contributed by atoms with Crippen molar-refractivity contribution in [3.8, 4) is 5.75 Å². The van der Waals surface area contributed by atoms with Crippen LogP contribution in [0, 0.1) is 0 Å². The molecule has 1 fully saturated rings. The van der Waals surface area contributed by atoms with Gasteiger partial charge in [0, 0.05) is 30.9 Å². The number of hydrogen-bond acceptors (Lipinski definition) is 6. The highest BCUT2D eigenvalue weighted by Crippen LogP contribution is 2.28. The predicted octanol–water partition coefficient (Wildman–Crippen LogP) is 2.82. The van der Waals surface area contributed by atoms with Crippen LogP contribution in [0.25, 0.3) is 10.9 Å². The van der Waals surface area contributed by atoms with Gasteiger partial charge in [0.2, 0.25) is 5.91 Å². The molecule has 0 bridgehead atoms. The summed E-state index contributed by atoms with van der Waals surface area (Å²) in [5, 5.41) is 7.22. The van der Waals surface area contributed by atoms with E-state index in [0.717, 1.165) is 35.3 Å². The van der Waals surface area contributed by atoms with E-state index in [4.69, 9.17) is 4.74 Å². The number of ether oxygens (including phenoxy) is 1. The summed E-state index contributed by atoms with van der Waals surface area (Å²) in [6.45, 7) is 0.504. The average Bonchev–Trinajstić information content (AvgIpc) is 2.71. The maximum atomic E-state index is 11.3. The largest absolute Gasteiger partial charge is 0.494 e. The first kappa shape index (κ1) is 20.3. The number of carbonyl (C=O) groups excluding carboxylic acids is 1. The first-order chi connectivity index (χ1) is 13.6. The van der Waals surface area contributed by atoms with Gasteiger partial charge in [0.25, 0.3) is 0 Å². The molecule has 1 amide bonds. The number of hydrogen-bond donors (Lipinski definition) is 2. The van der Waals surface area contributed by atoms with Crippen LogP contribution in [0.3, 0.4) is 0 Å². The molecule has 7 heteroatoms. The molecule has 2 N–H and O–H groups in total. The van der Waals surface area contributed by atoms with Gasteiger partial charge < -0.3 is 20.3 Å². The minimum Gasteiger partial charge on any atom is -0.494 e. The van der Waals surface area contributed by atoms with E-state index >= 15 is 0 Å². The van der Waals surface area contributed by atoms with Crippen LogP contribution >= 0.6 is 0 Å². The van der Waals surface area contributed by atoms with Gasteiger partial charge in [-0.25, -0.2) is 9.97 Å². The first-order valence-electron chi connectivity index (χ1n) is 10.1. The van der Waals surface area contributed by atoms with E-state index < -0.39 is 0 Å². The van der Waals surface area contributed by atoms with Gasteiger partial charge in [-0.05, 0) is 64.4 Å². The van der Waals surface area contributed by atoms with Crippen molar-refractivity contribution >= 4 is 22.6 Å². The second-order valence-electron chi connectivity index (χ2n) is 7.64. The van der Waals surface area contributed by atoms with Gasteiger partial charge in [0.05, 0.1) is 12.1 Å². The summed E-state index contributed by atoms with van der Waals surface area (Å²) >= 11 is 0. The summed E-state index contributed by atoms with van der Waals surface area (Å²) in [6.07, 6.45) is 7.45. The summed E-state index contributed by atoms with van der Waals surface area (Å²) in [4.78, 5) is 22.5. The van der Waals surface area contributed by atoms with Crippen molar-refractivity contribution in [3.63, 3.8) is 0 Å². The van der Waals surface area contributed by atoms with E-state index in [1.807, 2.05) is 18.2 Å². The van der Waals surface area contributed by atoms with Gasteiger partial charge in [0.1, 0.15) is 17.9 Å². The molecule has 2 aromatic rings. The minimum absolute atomic E-state index is 0.0333. The Morgan fingerprint density at radius 2 is 2.00 bits per heavy atom. The third kappa shape index (κ3) is 5.32. The lowest BCUT2D eigenvalue weighted by Gasteiger charge is -2.33. The van der Waals surface area contributed by atoms with Crippen LogP contribution in [-0.4, -0.2) is 60.6 Å². The fraction of sp³-hybridized carbons (Fsp3) is 0.571. The van der Waals surface area contributed by atoms with E-state index in [2.05, 4.69) is 39.6 Å². The summed E-state index contributed by atoms with van der Waals surface area (Å²) in [5.41, 5.74) is 0.900. The molecule has 7 nitrogen and oxygen atoms in total. The van der Waals surface area contributed by atoms with Crippen LogP contribution in [0.5, 0.6) is 5.75 Å². The number of carbonyl (C=O) groups is 1. The monoisotopic (exact) mass is 385 g/mol. The summed E-state index contributed by atoms with van der Waals surface area (Å²) in [7, 11) is 5.97. The molecule has 1 aliphatic carbocycles. The molecule has 0 aliphatic heterocycles. The molecule has 0 radical (unpaired) electrons. The number of nitrogens with zero attached hydrogens (tertiary/aromatic N) is 3. The van der Waals surface area contributed by atoms with Gasteiger partial charge in [-0.2, -0.15) is 0 Å². The minimum atomic E-state index is 0.0333. The molecule has 28 heavy (non-hydrogen) atoms. The molecule has 1 heterocycles. The quantitative estimate of drug-likeness (QED) is 0.680. The summed E-state index contributed by atoms with van der Waals surface area (Å²) < 4.78 is 5.83. The molecule has 152 valence electrons. The van der Waals surface area contributed by atoms with Gasteiger partial charge in [0.15, 0.2) is 0 Å². The Balaban J connectivity index is 1.63. The normalized spacial score (nSPS) is 19.6. The summed E-state index contributed by atoms with van der Waals surface area (Å²) in [5.74, 6) is 1.68. The lowest BCUT2D eigenvalue weighted by Crippen LogP contribution is -2.36. The Morgan fingerprint density at radius 1 is 1.21 bits per heavy atom. The number of benzene rings is 1. The van der Waals surface area contributed by atoms with E-state index in [1.54, 1.807) is 13.4 Å². The molecule has 1 aromatic heterocycles. The molecule has 1 saturated carbocycles. The zero-order valence-corrected chi connectivity index (χ0v) is 17.1. The maximum Gasteiger partial charge on any atom is 0.219 e. The highest BCUT2D eigenvalue weighted by Gasteiger charge is 2.23. The van der Waals surface area contributed by atoms with Crippen molar-refractivity contribution in [2.75, 3.05) is 33.1 Å². The Hall–Kier alpha value is -2.41. The Morgan fingerprint density at radius 3 is 2.71 bits per heavy atom. The molecule has 0 spiro atoms. The number of rotatable bonds is 8. The van der Waals surface area contributed by atoms with Gasteiger partial charge >= 0.3 is 0 Å². The van der Waals surface area contributed by atoms with E-state index in [1.165, 1.54) is 12.8 Å². The standard InChI is InChI=1S/C21H31N5O2/c1-22-20(27)5-4-12-28-17-10-11-19-18(13-17)21(24-14-23-19)25-15-6-8-16(9-7-15)26(2)3/h10-11,13-16H,4-9,12H2,1-3H3,(H,22,27)(H,23,24,25). The molecule has 3 rings (SSSR count). The second-order valence-corrected chi connectivity index (χ2v) is 7.64. The average molecular weight is 386 g/mol. The van der Waals surface area contributed by atoms with Crippen molar-refractivity contribution < 1.29 is 9.53 Å². The zero-order chi connectivity index (χ0) is 19.9. The molecule has 0 unspecified atom stereocenters. The molecular formula is C21H31N5O2. The number of amides is 1. The van der Waals surface area contributed by atoms with Gasteiger partial charge in [-0.3, -0.25) is 4.79 Å². The molecule has 1 aliphatic rings. The first-order valence-corrected chi connectivity index (χ1v) is 10.1. The highest BCUT2D eigenvalue weighted by atomic mass is 16.5. The predicted molar refractivity (Wildman–Crippen MR) is 112 cm³/mol. The Kier molecular flexibility index (Phi) is 7.03. The van der Waals surface area contributed by atoms with Crippen LogP contribution in [0.2, 0.25) is 0 Å². The second kappa shape index (κ2) is 9.68. The third-order valence-electron chi connectivity index (χ3n) is 5.47. The van der Waals surface area contributed by atoms with Crippen LogP contribution in [0.15, 0.2) is 24.5 Å². The Labute approximate surface area is 166 Å². The van der Waals surface area contributed by atoms with E-state index in [9.17, 15) is 4.79 Å². The van der Waals surface area contributed by atoms with E-state index in [0.29, 0.717) is 31.5 Å². The highest BCUT2D eigenvalue weighted by molar-refractivity contribution is 5.90. The van der Waals surface area contributed by atoms with Gasteiger partial charge in [-0.15, -0.1) is 0 Å². The zero-order valence-electron chi connectivity index (χ0n) is 17.1. The number of nitrogens with one attached hydrogen (secondary N) is 2. The molecule has 0 saturated heterocycles. The number of aromatic nitrogens is 2. The van der Waals surface area contributed by atoms with Crippen LogP contribution in [0.1, 0.15) is 38.5 Å². The van der Waals surface area contributed by atoms with E-state index in [-0.39, 0.29) is 5.91 Å². The lowest BCUT2D eigenvalue weighted by atomic mass is 9.90. The smallest absolute Gasteiger partial charge is 0.219 e. The van der Waals surface area contributed by atoms with Crippen LogP contribution in [0.4, 0.5) is 5.82 Å². The van der Waals surface area contributed by atoms with Crippen molar-refractivity contribution in [3.05, 3.63) is 24.5 Å². The topological polar surface area (TPSA) is 79.4 Å². The fourth-order valence-corrected chi connectivity index (χ4v) is 3.72. The maximum absolute atomic E-state index is 11.3. The van der Waals surface area contributed by atoms with Crippen LogP contribution < -0.4 is 15.4 Å². The third-order valence-corrected chi connectivity index (χ3v) is 5.47. The fourth-order valence-electron chi connectivity index (χ4n) is 3.72. The number of anilines is 1.